The Morgan fingerprint density at radius 2 is 2.14 bits per heavy atom. The van der Waals surface area contributed by atoms with E-state index in [9.17, 15) is 14.9 Å². The minimum absolute atomic E-state index is 0.291. The van der Waals surface area contributed by atoms with Gasteiger partial charge in [-0.25, -0.2) is 4.79 Å². The van der Waals surface area contributed by atoms with Crippen LogP contribution in [0.2, 0.25) is 0 Å². The van der Waals surface area contributed by atoms with E-state index in [0.29, 0.717) is 12.2 Å². The number of anilines is 1. The largest absolute Gasteiger partial charge is 0.477 e. The third kappa shape index (κ3) is 3.38. The zero-order valence-electron chi connectivity index (χ0n) is 11.4. The van der Waals surface area contributed by atoms with Crippen LogP contribution >= 0.6 is 11.3 Å². The van der Waals surface area contributed by atoms with Crippen LogP contribution < -0.4 is 4.90 Å². The van der Waals surface area contributed by atoms with Gasteiger partial charge >= 0.3 is 11.7 Å². The first-order valence-electron chi connectivity index (χ1n) is 6.25. The lowest BCUT2D eigenvalue weighted by atomic mass is 10.1. The first kappa shape index (κ1) is 15.0. The maximum atomic E-state index is 11.2. The van der Waals surface area contributed by atoms with E-state index in [-0.39, 0.29) is 11.3 Å². The standard InChI is InChI=1S/C14H14N2O4S/c1-15(8-7-10-4-3-9-21-10)12-6-2-5-11(14(17)18)13(12)16(19)20/h2-6,9H,7-8H2,1H3,(H,17,18). The molecule has 6 nitrogen and oxygen atoms in total. The summed E-state index contributed by atoms with van der Waals surface area (Å²) < 4.78 is 0. The number of para-hydroxylation sites is 1. The zero-order chi connectivity index (χ0) is 15.4. The molecule has 0 aliphatic heterocycles. The summed E-state index contributed by atoms with van der Waals surface area (Å²) in [5, 5.41) is 22.3. The van der Waals surface area contributed by atoms with Crippen molar-refractivity contribution in [3.8, 4) is 0 Å². The maximum absolute atomic E-state index is 11.2. The Labute approximate surface area is 125 Å². The fourth-order valence-electron chi connectivity index (χ4n) is 2.06. The van der Waals surface area contributed by atoms with Gasteiger partial charge in [-0.05, 0) is 30.0 Å². The first-order valence-corrected chi connectivity index (χ1v) is 7.13. The van der Waals surface area contributed by atoms with E-state index in [2.05, 4.69) is 0 Å². The number of thiophene rings is 1. The van der Waals surface area contributed by atoms with Gasteiger partial charge in [-0.15, -0.1) is 11.3 Å². The topological polar surface area (TPSA) is 83.7 Å². The summed E-state index contributed by atoms with van der Waals surface area (Å²) >= 11 is 1.62. The minimum Gasteiger partial charge on any atom is -0.477 e. The lowest BCUT2D eigenvalue weighted by Gasteiger charge is -2.19. The molecule has 0 amide bonds. The van der Waals surface area contributed by atoms with E-state index in [1.165, 1.54) is 17.0 Å². The van der Waals surface area contributed by atoms with Gasteiger partial charge in [0.05, 0.1) is 4.92 Å². The molecule has 0 saturated heterocycles. The molecule has 0 atom stereocenters. The number of carboxylic acids is 1. The zero-order valence-corrected chi connectivity index (χ0v) is 12.2. The van der Waals surface area contributed by atoms with E-state index < -0.39 is 10.9 Å². The number of nitro groups is 1. The predicted molar refractivity (Wildman–Crippen MR) is 81.3 cm³/mol. The van der Waals surface area contributed by atoms with Crippen LogP contribution in [0.25, 0.3) is 0 Å². The highest BCUT2D eigenvalue weighted by atomic mass is 32.1. The molecule has 0 fully saturated rings. The Kier molecular flexibility index (Phi) is 4.54. The van der Waals surface area contributed by atoms with Gasteiger partial charge in [-0.3, -0.25) is 10.1 Å². The number of aromatic carboxylic acids is 1. The van der Waals surface area contributed by atoms with E-state index in [4.69, 9.17) is 5.11 Å². The number of benzene rings is 1. The van der Waals surface area contributed by atoms with Crippen LogP contribution in [-0.4, -0.2) is 29.6 Å². The molecule has 0 aliphatic rings. The summed E-state index contributed by atoms with van der Waals surface area (Å²) in [5.41, 5.74) is -0.337. The van der Waals surface area contributed by atoms with Gasteiger partial charge in [0.25, 0.3) is 0 Å². The number of rotatable bonds is 6. The summed E-state index contributed by atoms with van der Waals surface area (Å²) in [7, 11) is 1.72. The molecule has 0 saturated carbocycles. The number of carbonyl (C=O) groups is 1. The molecular formula is C14H14N2O4S. The van der Waals surface area contributed by atoms with Gasteiger partial charge < -0.3 is 10.0 Å². The molecule has 7 heteroatoms. The van der Waals surface area contributed by atoms with Gasteiger partial charge in [-0.1, -0.05) is 12.1 Å². The van der Waals surface area contributed by atoms with Crippen LogP contribution in [0.3, 0.4) is 0 Å². The van der Waals surface area contributed by atoms with E-state index in [1.807, 2.05) is 17.5 Å². The molecule has 1 N–H and O–H groups in total. The van der Waals surface area contributed by atoms with Gasteiger partial charge in [0, 0.05) is 18.5 Å². The van der Waals surface area contributed by atoms with Gasteiger partial charge in [0.15, 0.2) is 0 Å². The summed E-state index contributed by atoms with van der Waals surface area (Å²) in [4.78, 5) is 24.6. The number of carboxylic acid groups (broad SMARTS) is 1. The summed E-state index contributed by atoms with van der Waals surface area (Å²) in [6.07, 6.45) is 0.753. The molecule has 0 bridgehead atoms. The van der Waals surface area contributed by atoms with Crippen molar-refractivity contribution in [3.63, 3.8) is 0 Å². The molecule has 0 unspecified atom stereocenters. The SMILES string of the molecule is CN(CCc1cccs1)c1cccc(C(=O)O)c1[N+](=O)[O-]. The normalized spacial score (nSPS) is 10.3. The molecular weight excluding hydrogens is 292 g/mol. The van der Waals surface area contributed by atoms with Gasteiger partial charge in [-0.2, -0.15) is 0 Å². The molecule has 21 heavy (non-hydrogen) atoms. The van der Waals surface area contributed by atoms with Crippen LogP contribution in [0.15, 0.2) is 35.7 Å². The Balaban J connectivity index is 2.27. The van der Waals surface area contributed by atoms with E-state index in [1.54, 1.807) is 29.4 Å². The molecule has 110 valence electrons. The first-order chi connectivity index (χ1) is 10.0. The van der Waals surface area contributed by atoms with E-state index >= 15 is 0 Å². The number of likely N-dealkylation sites (N-methyl/N-ethyl adjacent to an activating group) is 1. The maximum Gasteiger partial charge on any atom is 0.342 e. The van der Waals surface area contributed by atoms with Crippen LogP contribution in [-0.2, 0) is 6.42 Å². The number of hydrogen-bond acceptors (Lipinski definition) is 5. The highest BCUT2D eigenvalue weighted by Crippen LogP contribution is 2.31. The van der Waals surface area contributed by atoms with Crippen molar-refractivity contribution >= 4 is 28.7 Å². The molecule has 2 aromatic rings. The fourth-order valence-corrected chi connectivity index (χ4v) is 2.76. The third-order valence-corrected chi connectivity index (χ3v) is 4.05. The van der Waals surface area contributed by atoms with Gasteiger partial charge in [0.1, 0.15) is 11.3 Å². The number of hydrogen-bond donors (Lipinski definition) is 1. The third-order valence-electron chi connectivity index (χ3n) is 3.11. The van der Waals surface area contributed by atoms with Crippen molar-refractivity contribution in [1.82, 2.24) is 0 Å². The van der Waals surface area contributed by atoms with Crippen molar-refractivity contribution in [2.24, 2.45) is 0 Å². The molecule has 2 rings (SSSR count). The minimum atomic E-state index is -1.30. The highest BCUT2D eigenvalue weighted by Gasteiger charge is 2.25. The average Bonchev–Trinajstić information content (AvgIpc) is 2.97. The van der Waals surface area contributed by atoms with Gasteiger partial charge in [0.2, 0.25) is 0 Å². The molecule has 1 aromatic heterocycles. The smallest absolute Gasteiger partial charge is 0.342 e. The second-order valence-corrected chi connectivity index (χ2v) is 5.52. The molecule has 1 aromatic carbocycles. The summed E-state index contributed by atoms with van der Waals surface area (Å²) in [6, 6.07) is 8.29. The summed E-state index contributed by atoms with van der Waals surface area (Å²) in [5.74, 6) is -1.30. The van der Waals surface area contributed by atoms with Crippen molar-refractivity contribution in [2.75, 3.05) is 18.5 Å². The molecule has 0 radical (unpaired) electrons. The quantitative estimate of drug-likeness (QED) is 0.655. The highest BCUT2D eigenvalue weighted by molar-refractivity contribution is 7.09. The van der Waals surface area contributed by atoms with Crippen molar-refractivity contribution in [2.45, 2.75) is 6.42 Å². The number of nitro benzene ring substituents is 1. The Morgan fingerprint density at radius 1 is 1.38 bits per heavy atom. The Bertz CT molecular complexity index is 655. The molecule has 0 aliphatic carbocycles. The Hall–Kier alpha value is -2.41. The summed E-state index contributed by atoms with van der Waals surface area (Å²) in [6.45, 7) is 0.574. The lowest BCUT2D eigenvalue weighted by Crippen LogP contribution is -2.22. The van der Waals surface area contributed by atoms with Crippen molar-refractivity contribution in [1.29, 1.82) is 0 Å². The van der Waals surface area contributed by atoms with Crippen LogP contribution in [0, 0.1) is 10.1 Å². The van der Waals surface area contributed by atoms with Crippen molar-refractivity contribution < 1.29 is 14.8 Å². The molecule has 1 heterocycles. The number of nitrogens with zero attached hydrogens (tertiary/aromatic N) is 2. The van der Waals surface area contributed by atoms with Crippen LogP contribution in [0.4, 0.5) is 11.4 Å². The van der Waals surface area contributed by atoms with E-state index in [0.717, 1.165) is 6.42 Å². The fraction of sp³-hybridized carbons (Fsp3) is 0.214. The Morgan fingerprint density at radius 3 is 2.71 bits per heavy atom. The second-order valence-electron chi connectivity index (χ2n) is 4.49. The van der Waals surface area contributed by atoms with Crippen LogP contribution in [0.5, 0.6) is 0 Å². The average molecular weight is 306 g/mol. The van der Waals surface area contributed by atoms with Crippen LogP contribution in [0.1, 0.15) is 15.2 Å². The monoisotopic (exact) mass is 306 g/mol. The lowest BCUT2D eigenvalue weighted by molar-refractivity contribution is -0.384. The van der Waals surface area contributed by atoms with Crippen molar-refractivity contribution in [3.05, 3.63) is 56.3 Å². The second kappa shape index (κ2) is 6.36. The molecule has 0 spiro atoms. The predicted octanol–water partition coefficient (Wildman–Crippen LogP) is 3.03.